The van der Waals surface area contributed by atoms with E-state index in [1.165, 1.54) is 38.5 Å². The molecule has 4 aliphatic rings. The van der Waals surface area contributed by atoms with Crippen LogP contribution in [0.1, 0.15) is 55.3 Å². The van der Waals surface area contributed by atoms with Crippen LogP contribution in [0.2, 0.25) is 0 Å². The topological polar surface area (TPSA) is 57.8 Å². The molecule has 1 heterocycles. The second kappa shape index (κ2) is 5.87. The number of aromatic nitrogens is 1. The molecule has 134 valence electrons. The van der Waals surface area contributed by atoms with Gasteiger partial charge >= 0.3 is 0 Å². The van der Waals surface area contributed by atoms with Crippen molar-refractivity contribution in [2.24, 2.45) is 17.8 Å². The Morgan fingerprint density at radius 1 is 1.15 bits per heavy atom. The number of carbonyl (C=O) groups excluding carboxylic acids is 1. The fraction of sp³-hybridized carbons (Fsp3) is 0.545. The average Bonchev–Trinajstić information content (AvgIpc) is 2.97. The number of amides is 1. The molecule has 0 saturated heterocycles. The normalized spacial score (nSPS) is 31.9. The lowest BCUT2D eigenvalue weighted by Crippen LogP contribution is -2.59. The van der Waals surface area contributed by atoms with Gasteiger partial charge in [-0.05, 0) is 62.3 Å². The van der Waals surface area contributed by atoms with Gasteiger partial charge in [0.25, 0.3) is 5.91 Å². The lowest BCUT2D eigenvalue weighted by Gasteiger charge is -2.56. The maximum absolute atomic E-state index is 13.2. The summed E-state index contributed by atoms with van der Waals surface area (Å²) < 4.78 is 2.05. The Hall–Kier alpha value is -2.28. The third-order valence-corrected chi connectivity index (χ3v) is 6.91. The van der Waals surface area contributed by atoms with Crippen LogP contribution in [0.3, 0.4) is 0 Å². The Bertz CT molecular complexity index is 868. The maximum Gasteiger partial charge on any atom is 0.253 e. The summed E-state index contributed by atoms with van der Waals surface area (Å²) in [5.74, 6) is 2.52. The Morgan fingerprint density at radius 3 is 2.46 bits per heavy atom. The third kappa shape index (κ3) is 2.53. The number of fused-ring (bicyclic) bond motifs is 1. The predicted octanol–water partition coefficient (Wildman–Crippen LogP) is 4.25. The van der Waals surface area contributed by atoms with Gasteiger partial charge in [-0.3, -0.25) is 4.79 Å². The van der Waals surface area contributed by atoms with Crippen molar-refractivity contribution in [3.8, 4) is 6.07 Å². The number of para-hydroxylation sites is 1. The first-order chi connectivity index (χ1) is 12.7. The Labute approximate surface area is 154 Å². The number of hydrogen-bond donors (Lipinski definition) is 1. The Balaban J connectivity index is 1.45. The molecule has 4 bridgehead atoms. The van der Waals surface area contributed by atoms with Crippen molar-refractivity contribution in [1.29, 1.82) is 5.26 Å². The second-order valence-electron chi connectivity index (χ2n) is 8.81. The third-order valence-electron chi connectivity index (χ3n) is 6.91. The lowest BCUT2D eigenvalue weighted by molar-refractivity contribution is -0.0166. The standard InChI is InChI=1S/C22H25N3O/c23-6-3-7-25-14-19(18-4-1-2-5-20(18)25)21(26)24-22-11-15-8-16(12-22)10-17(9-15)13-22/h1-2,4-5,14-17H,3,7-13H2,(H,24,26). The molecule has 26 heavy (non-hydrogen) atoms. The lowest BCUT2D eigenvalue weighted by atomic mass is 9.53. The Kier molecular flexibility index (Phi) is 3.60. The number of nitrogens with one attached hydrogen (secondary N) is 1. The Morgan fingerprint density at radius 2 is 1.81 bits per heavy atom. The molecule has 4 saturated carbocycles. The number of rotatable bonds is 4. The van der Waals surface area contributed by atoms with Crippen molar-refractivity contribution in [3.63, 3.8) is 0 Å². The highest BCUT2D eigenvalue weighted by Crippen LogP contribution is 2.55. The molecular formula is C22H25N3O. The summed E-state index contributed by atoms with van der Waals surface area (Å²) in [5.41, 5.74) is 1.83. The van der Waals surface area contributed by atoms with E-state index < -0.39 is 0 Å². The summed E-state index contributed by atoms with van der Waals surface area (Å²) in [7, 11) is 0. The van der Waals surface area contributed by atoms with Crippen LogP contribution < -0.4 is 5.32 Å². The summed E-state index contributed by atoms with van der Waals surface area (Å²) in [6.07, 6.45) is 10.0. The van der Waals surface area contributed by atoms with Crippen LogP contribution in [0.5, 0.6) is 0 Å². The second-order valence-corrected chi connectivity index (χ2v) is 8.81. The molecule has 0 radical (unpaired) electrons. The highest BCUT2D eigenvalue weighted by molar-refractivity contribution is 6.07. The van der Waals surface area contributed by atoms with Gasteiger partial charge in [-0.2, -0.15) is 5.26 Å². The minimum Gasteiger partial charge on any atom is -0.347 e. The predicted molar refractivity (Wildman–Crippen MR) is 101 cm³/mol. The highest BCUT2D eigenvalue weighted by Gasteiger charge is 2.51. The summed E-state index contributed by atoms with van der Waals surface area (Å²) in [6.45, 7) is 0.627. The van der Waals surface area contributed by atoms with E-state index in [2.05, 4.69) is 11.4 Å². The maximum atomic E-state index is 13.2. The van der Waals surface area contributed by atoms with Crippen molar-refractivity contribution in [2.75, 3.05) is 0 Å². The first kappa shape index (κ1) is 15.9. The van der Waals surface area contributed by atoms with Crippen LogP contribution >= 0.6 is 0 Å². The molecular weight excluding hydrogens is 322 g/mol. The van der Waals surface area contributed by atoms with Gasteiger partial charge in [0.05, 0.1) is 18.1 Å². The van der Waals surface area contributed by atoms with Gasteiger partial charge in [-0.15, -0.1) is 0 Å². The average molecular weight is 347 g/mol. The van der Waals surface area contributed by atoms with Gasteiger partial charge in [0.15, 0.2) is 0 Å². The van der Waals surface area contributed by atoms with Crippen molar-refractivity contribution in [2.45, 2.75) is 57.0 Å². The van der Waals surface area contributed by atoms with E-state index >= 15 is 0 Å². The van der Waals surface area contributed by atoms with E-state index in [4.69, 9.17) is 5.26 Å². The number of aryl methyl sites for hydroxylation is 1. The van der Waals surface area contributed by atoms with Crippen molar-refractivity contribution in [1.82, 2.24) is 9.88 Å². The van der Waals surface area contributed by atoms with Crippen molar-refractivity contribution in [3.05, 3.63) is 36.0 Å². The SMILES string of the molecule is N#CCCn1cc(C(=O)NC23CC4CC(CC(C4)C2)C3)c2ccccc21. The van der Waals surface area contributed by atoms with Gasteiger partial charge in [0.1, 0.15) is 0 Å². The number of benzene rings is 1. The minimum atomic E-state index is 0.0295. The van der Waals surface area contributed by atoms with Crippen molar-refractivity contribution < 1.29 is 4.79 Å². The molecule has 1 amide bonds. The molecule has 0 atom stereocenters. The van der Waals surface area contributed by atoms with Gasteiger partial charge < -0.3 is 9.88 Å². The van der Waals surface area contributed by atoms with E-state index in [1.54, 1.807) is 0 Å². The number of hydrogen-bond acceptors (Lipinski definition) is 2. The molecule has 1 aromatic heterocycles. The van der Waals surface area contributed by atoms with Crippen LogP contribution in [-0.2, 0) is 6.54 Å². The zero-order chi connectivity index (χ0) is 17.7. The first-order valence-electron chi connectivity index (χ1n) is 9.93. The number of nitrogens with zero attached hydrogens (tertiary/aromatic N) is 2. The zero-order valence-electron chi connectivity index (χ0n) is 15.1. The van der Waals surface area contributed by atoms with Gasteiger partial charge in [-0.1, -0.05) is 18.2 Å². The molecule has 0 spiro atoms. The van der Waals surface area contributed by atoms with Crippen LogP contribution in [-0.4, -0.2) is 16.0 Å². The molecule has 4 aliphatic carbocycles. The summed E-state index contributed by atoms with van der Waals surface area (Å²) in [6, 6.07) is 10.2. The van der Waals surface area contributed by atoms with E-state index in [0.717, 1.165) is 34.2 Å². The molecule has 1 N–H and O–H groups in total. The van der Waals surface area contributed by atoms with Crippen LogP contribution in [0.4, 0.5) is 0 Å². The number of nitriles is 1. The van der Waals surface area contributed by atoms with Crippen LogP contribution in [0.25, 0.3) is 10.9 Å². The van der Waals surface area contributed by atoms with E-state index in [1.807, 2.05) is 35.0 Å². The minimum absolute atomic E-state index is 0.0295. The first-order valence-corrected chi connectivity index (χ1v) is 9.93. The molecule has 4 fully saturated rings. The molecule has 4 heteroatoms. The quantitative estimate of drug-likeness (QED) is 0.899. The highest BCUT2D eigenvalue weighted by atomic mass is 16.1. The monoisotopic (exact) mass is 347 g/mol. The summed E-state index contributed by atoms with van der Waals surface area (Å²) in [5, 5.41) is 13.4. The van der Waals surface area contributed by atoms with E-state index in [0.29, 0.717) is 13.0 Å². The van der Waals surface area contributed by atoms with Gasteiger partial charge in [0.2, 0.25) is 0 Å². The summed E-state index contributed by atoms with van der Waals surface area (Å²) in [4.78, 5) is 13.2. The van der Waals surface area contributed by atoms with Crippen molar-refractivity contribution >= 4 is 16.8 Å². The molecule has 2 aromatic rings. The molecule has 0 unspecified atom stereocenters. The number of carbonyl (C=O) groups is 1. The van der Waals surface area contributed by atoms with E-state index in [-0.39, 0.29) is 11.4 Å². The fourth-order valence-corrected chi connectivity index (χ4v) is 6.36. The van der Waals surface area contributed by atoms with Gasteiger partial charge in [0, 0.05) is 29.2 Å². The molecule has 6 rings (SSSR count). The van der Waals surface area contributed by atoms with E-state index in [9.17, 15) is 4.79 Å². The van der Waals surface area contributed by atoms with Crippen LogP contribution in [0, 0.1) is 29.1 Å². The van der Waals surface area contributed by atoms with Gasteiger partial charge in [-0.25, -0.2) is 0 Å². The summed E-state index contributed by atoms with van der Waals surface area (Å²) >= 11 is 0. The fourth-order valence-electron chi connectivity index (χ4n) is 6.36. The molecule has 1 aromatic carbocycles. The molecule has 0 aliphatic heterocycles. The smallest absolute Gasteiger partial charge is 0.253 e. The largest absolute Gasteiger partial charge is 0.347 e. The zero-order valence-corrected chi connectivity index (χ0v) is 15.1. The molecule has 4 nitrogen and oxygen atoms in total. The van der Waals surface area contributed by atoms with Crippen LogP contribution in [0.15, 0.2) is 30.5 Å².